The van der Waals surface area contributed by atoms with Gasteiger partial charge in [-0.2, -0.15) is 5.10 Å². The smallest absolute Gasteiger partial charge is 0.185 e. The minimum Gasteiger partial charge on any atom is -0.497 e. The van der Waals surface area contributed by atoms with Crippen molar-refractivity contribution in [3.8, 4) is 22.7 Å². The van der Waals surface area contributed by atoms with Crippen LogP contribution in [0.2, 0.25) is 5.02 Å². The molecule has 148 valence electrons. The Bertz CT molecular complexity index is 1180. The summed E-state index contributed by atoms with van der Waals surface area (Å²) in [6.07, 6.45) is 8.65. The Hall–Kier alpha value is -3.70. The lowest BCUT2D eigenvalue weighted by molar-refractivity contribution is 0.104. The van der Waals surface area contributed by atoms with E-state index in [0.29, 0.717) is 16.3 Å². The number of rotatable bonds is 6. The molecular weight excluding hydrogens is 398 g/mol. The number of nitrogens with zero attached hydrogens (tertiary/aromatic N) is 3. The number of aromatic nitrogens is 3. The molecular formula is C24H18ClN3O2. The van der Waals surface area contributed by atoms with Gasteiger partial charge in [0.2, 0.25) is 0 Å². The first-order valence-electron chi connectivity index (χ1n) is 9.26. The zero-order valence-electron chi connectivity index (χ0n) is 16.2. The summed E-state index contributed by atoms with van der Waals surface area (Å²) < 4.78 is 6.90. The minimum absolute atomic E-state index is 0.103. The predicted molar refractivity (Wildman–Crippen MR) is 118 cm³/mol. The summed E-state index contributed by atoms with van der Waals surface area (Å²) in [4.78, 5) is 16.8. The average Bonchev–Trinajstić information content (AvgIpc) is 3.23. The fraction of sp³-hybridized carbons (Fsp3) is 0.0417. The van der Waals surface area contributed by atoms with E-state index < -0.39 is 0 Å². The molecule has 30 heavy (non-hydrogen) atoms. The van der Waals surface area contributed by atoms with Gasteiger partial charge < -0.3 is 4.74 Å². The number of pyridine rings is 1. The lowest BCUT2D eigenvalue weighted by Crippen LogP contribution is -1.94. The zero-order chi connectivity index (χ0) is 20.9. The van der Waals surface area contributed by atoms with E-state index in [2.05, 4.69) is 4.98 Å². The van der Waals surface area contributed by atoms with E-state index in [4.69, 9.17) is 21.4 Å². The number of ether oxygens (including phenoxy) is 1. The number of carbonyl (C=O) groups excluding carboxylic acids is 1. The van der Waals surface area contributed by atoms with E-state index >= 15 is 0 Å². The van der Waals surface area contributed by atoms with Gasteiger partial charge in [0.25, 0.3) is 0 Å². The van der Waals surface area contributed by atoms with Crippen LogP contribution in [-0.2, 0) is 0 Å². The van der Waals surface area contributed by atoms with Crippen molar-refractivity contribution in [2.45, 2.75) is 0 Å². The standard InChI is InChI=1S/C24H18ClN3O2/c1-30-22-11-4-17(5-12-22)23(29)13-6-19-16-28(21-9-7-20(25)8-10-21)27-24(19)18-3-2-14-26-15-18/h2-16H,1H3. The Morgan fingerprint density at radius 3 is 2.50 bits per heavy atom. The van der Waals surface area contributed by atoms with Gasteiger partial charge in [0.05, 0.1) is 12.8 Å². The van der Waals surface area contributed by atoms with Gasteiger partial charge in [0.15, 0.2) is 5.78 Å². The first kappa shape index (κ1) is 19.6. The highest BCUT2D eigenvalue weighted by Gasteiger charge is 2.11. The fourth-order valence-corrected chi connectivity index (χ4v) is 3.11. The van der Waals surface area contributed by atoms with Crippen LogP contribution in [0.5, 0.6) is 5.75 Å². The second kappa shape index (κ2) is 8.76. The van der Waals surface area contributed by atoms with E-state index in [1.165, 1.54) is 0 Å². The maximum Gasteiger partial charge on any atom is 0.185 e. The van der Waals surface area contributed by atoms with Crippen LogP contribution in [0.25, 0.3) is 23.0 Å². The number of ketones is 1. The minimum atomic E-state index is -0.103. The van der Waals surface area contributed by atoms with Gasteiger partial charge in [-0.05, 0) is 72.8 Å². The number of carbonyl (C=O) groups is 1. The number of halogens is 1. The third kappa shape index (κ3) is 4.31. The van der Waals surface area contributed by atoms with Crippen LogP contribution in [0, 0.1) is 0 Å². The second-order valence-electron chi connectivity index (χ2n) is 6.52. The molecule has 0 atom stereocenters. The molecule has 0 saturated heterocycles. The highest BCUT2D eigenvalue weighted by Crippen LogP contribution is 2.25. The van der Waals surface area contributed by atoms with Crippen molar-refractivity contribution in [3.63, 3.8) is 0 Å². The van der Waals surface area contributed by atoms with E-state index in [-0.39, 0.29) is 5.78 Å². The van der Waals surface area contributed by atoms with Crippen molar-refractivity contribution < 1.29 is 9.53 Å². The topological polar surface area (TPSA) is 57.0 Å². The van der Waals surface area contributed by atoms with Crippen LogP contribution < -0.4 is 4.74 Å². The third-order valence-corrected chi connectivity index (χ3v) is 4.81. The van der Waals surface area contributed by atoms with Gasteiger partial charge in [-0.1, -0.05) is 11.6 Å². The van der Waals surface area contributed by atoms with Crippen molar-refractivity contribution in [3.05, 3.63) is 101 Å². The normalized spacial score (nSPS) is 11.0. The largest absolute Gasteiger partial charge is 0.497 e. The SMILES string of the molecule is COc1ccc(C(=O)C=Cc2cn(-c3ccc(Cl)cc3)nc2-c2cccnc2)cc1. The molecule has 0 aliphatic carbocycles. The number of methoxy groups -OCH3 is 1. The van der Waals surface area contributed by atoms with Crippen LogP contribution in [0.3, 0.4) is 0 Å². The summed E-state index contributed by atoms with van der Waals surface area (Å²) in [5, 5.41) is 5.36. The van der Waals surface area contributed by atoms with E-state index in [9.17, 15) is 4.79 Å². The summed E-state index contributed by atoms with van der Waals surface area (Å²) in [6.45, 7) is 0. The maximum absolute atomic E-state index is 12.6. The average molecular weight is 416 g/mol. The molecule has 0 radical (unpaired) electrons. The van der Waals surface area contributed by atoms with Crippen molar-refractivity contribution in [2.75, 3.05) is 7.11 Å². The summed E-state index contributed by atoms with van der Waals surface area (Å²) in [5.74, 6) is 0.604. The summed E-state index contributed by atoms with van der Waals surface area (Å²) >= 11 is 6.00. The van der Waals surface area contributed by atoms with Crippen LogP contribution >= 0.6 is 11.6 Å². The molecule has 0 amide bonds. The molecule has 0 N–H and O–H groups in total. The number of benzene rings is 2. The maximum atomic E-state index is 12.6. The van der Waals surface area contributed by atoms with Crippen molar-refractivity contribution in [1.29, 1.82) is 0 Å². The zero-order valence-corrected chi connectivity index (χ0v) is 17.0. The number of allylic oxidation sites excluding steroid dienone is 1. The molecule has 0 spiro atoms. The fourth-order valence-electron chi connectivity index (χ4n) is 2.98. The molecule has 0 saturated carbocycles. The molecule has 5 nitrogen and oxygen atoms in total. The lowest BCUT2D eigenvalue weighted by atomic mass is 10.1. The first-order chi connectivity index (χ1) is 14.6. The van der Waals surface area contributed by atoms with Gasteiger partial charge in [-0.3, -0.25) is 9.78 Å². The molecule has 0 aliphatic rings. The quantitative estimate of drug-likeness (QED) is 0.308. The Morgan fingerprint density at radius 1 is 1.07 bits per heavy atom. The Labute approximate surface area is 179 Å². The van der Waals surface area contributed by atoms with Crippen LogP contribution in [-0.4, -0.2) is 27.7 Å². The lowest BCUT2D eigenvalue weighted by Gasteiger charge is -2.01. The van der Waals surface area contributed by atoms with Gasteiger partial charge in [-0.25, -0.2) is 4.68 Å². The molecule has 0 bridgehead atoms. The van der Waals surface area contributed by atoms with Gasteiger partial charge in [0.1, 0.15) is 11.4 Å². The van der Waals surface area contributed by atoms with Crippen LogP contribution in [0.15, 0.2) is 85.3 Å². The molecule has 0 aliphatic heterocycles. The predicted octanol–water partition coefficient (Wildman–Crippen LogP) is 5.49. The first-order valence-corrected chi connectivity index (χ1v) is 9.64. The van der Waals surface area contributed by atoms with Crippen LogP contribution in [0.1, 0.15) is 15.9 Å². The summed E-state index contributed by atoms with van der Waals surface area (Å²) in [6, 6.07) is 18.2. The van der Waals surface area contributed by atoms with Gasteiger partial charge in [0, 0.05) is 40.3 Å². The third-order valence-electron chi connectivity index (χ3n) is 4.56. The van der Waals surface area contributed by atoms with Crippen molar-refractivity contribution in [2.24, 2.45) is 0 Å². The molecule has 6 heteroatoms. The molecule has 2 aromatic carbocycles. The Kier molecular flexibility index (Phi) is 5.72. The van der Waals surface area contributed by atoms with Gasteiger partial charge in [-0.15, -0.1) is 0 Å². The molecule has 2 heterocycles. The van der Waals surface area contributed by atoms with E-state index in [1.807, 2.05) is 42.6 Å². The number of hydrogen-bond acceptors (Lipinski definition) is 4. The summed E-state index contributed by atoms with van der Waals surface area (Å²) in [7, 11) is 1.59. The second-order valence-corrected chi connectivity index (χ2v) is 6.96. The molecule has 4 aromatic rings. The van der Waals surface area contributed by atoms with Crippen molar-refractivity contribution in [1.82, 2.24) is 14.8 Å². The van der Waals surface area contributed by atoms with E-state index in [0.717, 1.165) is 22.5 Å². The Balaban J connectivity index is 1.69. The molecule has 4 rings (SSSR count). The molecule has 2 aromatic heterocycles. The van der Waals surface area contributed by atoms with Gasteiger partial charge >= 0.3 is 0 Å². The summed E-state index contributed by atoms with van der Waals surface area (Å²) in [5.41, 5.74) is 3.85. The highest BCUT2D eigenvalue weighted by atomic mass is 35.5. The highest BCUT2D eigenvalue weighted by molar-refractivity contribution is 6.30. The molecule has 0 unspecified atom stereocenters. The van der Waals surface area contributed by atoms with Crippen molar-refractivity contribution >= 4 is 23.5 Å². The number of hydrogen-bond donors (Lipinski definition) is 0. The monoisotopic (exact) mass is 415 g/mol. The molecule has 0 fully saturated rings. The van der Waals surface area contributed by atoms with Crippen LogP contribution in [0.4, 0.5) is 0 Å². The van der Waals surface area contributed by atoms with E-state index in [1.54, 1.807) is 60.6 Å². The Morgan fingerprint density at radius 2 is 1.83 bits per heavy atom.